The standard InChI is InChI=1S/C16H16ClIN2O/c1-10(11-2-5-13(19)6-3-11)8-16(21)20-15-7-4-12(17)9-14(15)18/h2-7,9-10H,8,19H2,1H3,(H,20,21). The van der Waals surface area contributed by atoms with Crippen molar-refractivity contribution < 1.29 is 4.79 Å². The molecule has 2 aromatic rings. The second-order valence-corrected chi connectivity index (χ2v) is 6.54. The molecule has 2 rings (SSSR count). The summed E-state index contributed by atoms with van der Waals surface area (Å²) >= 11 is 8.06. The maximum atomic E-state index is 12.1. The number of nitrogens with two attached hydrogens (primary N) is 1. The molecule has 0 fully saturated rings. The predicted molar refractivity (Wildman–Crippen MR) is 96.7 cm³/mol. The van der Waals surface area contributed by atoms with Crippen molar-refractivity contribution in [3.05, 3.63) is 56.6 Å². The molecule has 1 amide bonds. The minimum absolute atomic E-state index is 0.0143. The molecule has 21 heavy (non-hydrogen) atoms. The second kappa shape index (κ2) is 7.13. The van der Waals surface area contributed by atoms with Crippen molar-refractivity contribution in [1.29, 1.82) is 0 Å². The minimum Gasteiger partial charge on any atom is -0.399 e. The SMILES string of the molecule is CC(CC(=O)Nc1ccc(Cl)cc1I)c1ccc(N)cc1. The lowest BCUT2D eigenvalue weighted by Gasteiger charge is -2.13. The van der Waals surface area contributed by atoms with Crippen LogP contribution in [0.3, 0.4) is 0 Å². The molecule has 5 heteroatoms. The lowest BCUT2D eigenvalue weighted by molar-refractivity contribution is -0.116. The first kappa shape index (κ1) is 16.1. The number of rotatable bonds is 4. The molecule has 0 bridgehead atoms. The highest BCUT2D eigenvalue weighted by molar-refractivity contribution is 14.1. The van der Waals surface area contributed by atoms with Crippen LogP contribution in [0, 0.1) is 3.57 Å². The number of halogens is 2. The highest BCUT2D eigenvalue weighted by Gasteiger charge is 2.12. The number of carbonyl (C=O) groups is 1. The summed E-state index contributed by atoms with van der Waals surface area (Å²) in [5, 5.41) is 3.58. The van der Waals surface area contributed by atoms with E-state index in [1.807, 2.05) is 43.3 Å². The van der Waals surface area contributed by atoms with E-state index in [9.17, 15) is 4.79 Å². The van der Waals surface area contributed by atoms with E-state index in [1.165, 1.54) is 0 Å². The minimum atomic E-state index is -0.0143. The molecular formula is C16H16ClIN2O. The van der Waals surface area contributed by atoms with Gasteiger partial charge in [-0.15, -0.1) is 0 Å². The summed E-state index contributed by atoms with van der Waals surface area (Å²) in [6.45, 7) is 2.03. The molecular weight excluding hydrogens is 399 g/mol. The zero-order valence-electron chi connectivity index (χ0n) is 11.6. The van der Waals surface area contributed by atoms with Gasteiger partial charge < -0.3 is 11.1 Å². The molecule has 0 aliphatic heterocycles. The van der Waals surface area contributed by atoms with E-state index in [-0.39, 0.29) is 11.8 Å². The largest absolute Gasteiger partial charge is 0.399 e. The Morgan fingerprint density at radius 2 is 1.95 bits per heavy atom. The number of carbonyl (C=O) groups excluding carboxylic acids is 1. The molecule has 0 aliphatic carbocycles. The Balaban J connectivity index is 1.99. The van der Waals surface area contributed by atoms with Gasteiger partial charge in [0, 0.05) is 20.7 Å². The van der Waals surface area contributed by atoms with E-state index in [2.05, 4.69) is 27.9 Å². The molecule has 0 radical (unpaired) electrons. The summed E-state index contributed by atoms with van der Waals surface area (Å²) in [4.78, 5) is 12.1. The van der Waals surface area contributed by atoms with E-state index >= 15 is 0 Å². The molecule has 110 valence electrons. The van der Waals surface area contributed by atoms with Crippen LogP contribution in [0.4, 0.5) is 11.4 Å². The second-order valence-electron chi connectivity index (χ2n) is 4.94. The summed E-state index contributed by atoms with van der Waals surface area (Å²) in [5.74, 6) is 0.120. The fraction of sp³-hybridized carbons (Fsp3) is 0.188. The third-order valence-corrected chi connectivity index (χ3v) is 4.33. The van der Waals surface area contributed by atoms with Gasteiger partial charge in [0.1, 0.15) is 0 Å². The van der Waals surface area contributed by atoms with Crippen LogP contribution in [0.1, 0.15) is 24.8 Å². The van der Waals surface area contributed by atoms with Crippen LogP contribution in [0.15, 0.2) is 42.5 Å². The third kappa shape index (κ3) is 4.61. The van der Waals surface area contributed by atoms with Gasteiger partial charge in [0.05, 0.1) is 5.69 Å². The van der Waals surface area contributed by atoms with Gasteiger partial charge in [0.25, 0.3) is 0 Å². The van der Waals surface area contributed by atoms with Gasteiger partial charge in [-0.3, -0.25) is 4.79 Å². The summed E-state index contributed by atoms with van der Waals surface area (Å²) in [6.07, 6.45) is 0.419. The fourth-order valence-corrected chi connectivity index (χ4v) is 3.02. The zero-order valence-corrected chi connectivity index (χ0v) is 14.5. The molecule has 2 aromatic carbocycles. The van der Waals surface area contributed by atoms with Gasteiger partial charge in [-0.25, -0.2) is 0 Å². The normalized spacial score (nSPS) is 12.0. The zero-order chi connectivity index (χ0) is 15.4. The number of anilines is 2. The lowest BCUT2D eigenvalue weighted by atomic mass is 9.97. The van der Waals surface area contributed by atoms with Crippen molar-refractivity contribution in [3.63, 3.8) is 0 Å². The predicted octanol–water partition coefficient (Wildman–Crippen LogP) is 4.66. The van der Waals surface area contributed by atoms with Crippen molar-refractivity contribution in [2.75, 3.05) is 11.1 Å². The Bertz CT molecular complexity index is 643. The molecule has 1 atom stereocenters. The van der Waals surface area contributed by atoms with Crippen LogP contribution in [0.25, 0.3) is 0 Å². The van der Waals surface area contributed by atoms with E-state index in [0.717, 1.165) is 20.5 Å². The first-order valence-corrected chi connectivity index (χ1v) is 8.01. The van der Waals surface area contributed by atoms with Crippen LogP contribution in [0.2, 0.25) is 5.02 Å². The van der Waals surface area contributed by atoms with Crippen molar-refractivity contribution in [1.82, 2.24) is 0 Å². The van der Waals surface area contributed by atoms with Crippen LogP contribution in [-0.4, -0.2) is 5.91 Å². The quantitative estimate of drug-likeness (QED) is 0.565. The Kier molecular flexibility index (Phi) is 5.47. The van der Waals surface area contributed by atoms with Crippen molar-refractivity contribution in [2.24, 2.45) is 0 Å². The summed E-state index contributed by atoms with van der Waals surface area (Å²) in [5.41, 5.74) is 8.28. The molecule has 0 aromatic heterocycles. The van der Waals surface area contributed by atoms with Gasteiger partial charge in [-0.1, -0.05) is 30.7 Å². The Hall–Kier alpha value is -1.27. The highest BCUT2D eigenvalue weighted by atomic mass is 127. The number of amides is 1. The number of nitrogens with one attached hydrogen (secondary N) is 1. The fourth-order valence-electron chi connectivity index (χ4n) is 2.01. The van der Waals surface area contributed by atoms with E-state index in [4.69, 9.17) is 17.3 Å². The number of hydrogen-bond acceptors (Lipinski definition) is 2. The summed E-state index contributed by atoms with van der Waals surface area (Å²) in [6, 6.07) is 13.0. The molecule has 0 heterocycles. The number of benzene rings is 2. The van der Waals surface area contributed by atoms with Gasteiger partial charge >= 0.3 is 0 Å². The maximum absolute atomic E-state index is 12.1. The molecule has 0 saturated heterocycles. The molecule has 1 unspecified atom stereocenters. The average molecular weight is 415 g/mol. The van der Waals surface area contributed by atoms with E-state index < -0.39 is 0 Å². The Labute approximate surface area is 143 Å². The van der Waals surface area contributed by atoms with E-state index in [0.29, 0.717) is 11.4 Å². The summed E-state index contributed by atoms with van der Waals surface area (Å²) in [7, 11) is 0. The first-order chi connectivity index (χ1) is 9.95. The van der Waals surface area contributed by atoms with Crippen molar-refractivity contribution in [2.45, 2.75) is 19.3 Å². The van der Waals surface area contributed by atoms with E-state index in [1.54, 1.807) is 6.07 Å². The van der Waals surface area contributed by atoms with Gasteiger partial charge in [0.15, 0.2) is 0 Å². The van der Waals surface area contributed by atoms with Crippen LogP contribution < -0.4 is 11.1 Å². The Morgan fingerprint density at radius 3 is 2.57 bits per heavy atom. The van der Waals surface area contributed by atoms with Crippen LogP contribution >= 0.6 is 34.2 Å². The number of nitrogen functional groups attached to an aromatic ring is 1. The molecule has 0 aliphatic rings. The summed E-state index contributed by atoms with van der Waals surface area (Å²) < 4.78 is 0.925. The monoisotopic (exact) mass is 414 g/mol. The molecule has 3 N–H and O–H groups in total. The lowest BCUT2D eigenvalue weighted by Crippen LogP contribution is -2.15. The first-order valence-electron chi connectivity index (χ1n) is 6.56. The number of hydrogen-bond donors (Lipinski definition) is 2. The van der Waals surface area contributed by atoms with Crippen molar-refractivity contribution in [3.8, 4) is 0 Å². The van der Waals surface area contributed by atoms with Gasteiger partial charge in [-0.2, -0.15) is 0 Å². The topological polar surface area (TPSA) is 55.1 Å². The Morgan fingerprint density at radius 1 is 1.29 bits per heavy atom. The van der Waals surface area contributed by atoms with Crippen LogP contribution in [-0.2, 0) is 4.79 Å². The average Bonchev–Trinajstić information content (AvgIpc) is 2.42. The van der Waals surface area contributed by atoms with Crippen molar-refractivity contribution >= 4 is 51.5 Å². The molecule has 0 saturated carbocycles. The molecule has 0 spiro atoms. The maximum Gasteiger partial charge on any atom is 0.225 e. The van der Waals surface area contributed by atoms with Crippen LogP contribution in [0.5, 0.6) is 0 Å². The smallest absolute Gasteiger partial charge is 0.225 e. The highest BCUT2D eigenvalue weighted by Crippen LogP contribution is 2.24. The van der Waals surface area contributed by atoms with Gasteiger partial charge in [-0.05, 0) is 64.4 Å². The molecule has 3 nitrogen and oxygen atoms in total. The third-order valence-electron chi connectivity index (χ3n) is 3.20. The van der Waals surface area contributed by atoms with Gasteiger partial charge in [0.2, 0.25) is 5.91 Å².